The van der Waals surface area contributed by atoms with Crippen molar-refractivity contribution in [3.8, 4) is 0 Å². The molecule has 2 nitrogen and oxygen atoms in total. The van der Waals surface area contributed by atoms with Gasteiger partial charge in [0.2, 0.25) is 0 Å². The number of rotatable bonds is 5. The zero-order chi connectivity index (χ0) is 12.8. The van der Waals surface area contributed by atoms with Gasteiger partial charge in [0.25, 0.3) is 0 Å². The summed E-state index contributed by atoms with van der Waals surface area (Å²) in [6.07, 6.45) is -1.95. The first-order chi connectivity index (χ1) is 7.27. The molecule has 0 aliphatic heterocycles. The number of nitrogens with zero attached hydrogens (tertiary/aromatic N) is 1. The standard InChI is InChI=1S/C11H16F3NO/c1-4-10(15-6-5-9(3)16)7-8(2)11(12,13)14/h6-7,9,16H,2,4-5H2,1,3H3/b10-7+,15-6?. The normalized spacial score (nSPS) is 15.5. The van der Waals surface area contributed by atoms with Gasteiger partial charge in [-0.3, -0.25) is 4.99 Å². The van der Waals surface area contributed by atoms with Crippen LogP contribution < -0.4 is 0 Å². The minimum absolute atomic E-state index is 0.294. The van der Waals surface area contributed by atoms with Gasteiger partial charge in [-0.05, 0) is 19.4 Å². The Kier molecular flexibility index (Phi) is 6.03. The molecule has 0 aromatic heterocycles. The van der Waals surface area contributed by atoms with E-state index in [4.69, 9.17) is 5.11 Å². The fraction of sp³-hybridized carbons (Fsp3) is 0.545. The van der Waals surface area contributed by atoms with Gasteiger partial charge < -0.3 is 5.11 Å². The molecule has 0 saturated carbocycles. The lowest BCUT2D eigenvalue weighted by Crippen LogP contribution is -2.09. The van der Waals surface area contributed by atoms with Crippen LogP contribution in [0, 0.1) is 0 Å². The average molecular weight is 235 g/mol. The van der Waals surface area contributed by atoms with Gasteiger partial charge >= 0.3 is 6.18 Å². The number of allylic oxidation sites excluding steroid dienone is 3. The Morgan fingerprint density at radius 1 is 1.50 bits per heavy atom. The minimum Gasteiger partial charge on any atom is -0.393 e. The molecule has 0 spiro atoms. The molecule has 0 fully saturated rings. The first-order valence-corrected chi connectivity index (χ1v) is 4.94. The third kappa shape index (κ3) is 6.40. The second-order valence-electron chi connectivity index (χ2n) is 3.41. The highest BCUT2D eigenvalue weighted by molar-refractivity contribution is 5.59. The third-order valence-corrected chi connectivity index (χ3v) is 1.77. The summed E-state index contributed by atoms with van der Waals surface area (Å²) in [7, 11) is 0. The Bertz CT molecular complexity index is 290. The summed E-state index contributed by atoms with van der Waals surface area (Å²) < 4.78 is 36.5. The van der Waals surface area contributed by atoms with Crippen LogP contribution in [0.4, 0.5) is 13.2 Å². The van der Waals surface area contributed by atoms with E-state index in [0.29, 0.717) is 18.5 Å². The highest BCUT2D eigenvalue weighted by atomic mass is 19.4. The molecule has 0 aromatic rings. The Morgan fingerprint density at radius 2 is 2.06 bits per heavy atom. The Balaban J connectivity index is 4.56. The van der Waals surface area contributed by atoms with Gasteiger partial charge in [0.05, 0.1) is 11.7 Å². The van der Waals surface area contributed by atoms with Crippen molar-refractivity contribution < 1.29 is 18.3 Å². The number of alkyl halides is 3. The highest BCUT2D eigenvalue weighted by Crippen LogP contribution is 2.26. The van der Waals surface area contributed by atoms with Crippen LogP contribution in [-0.2, 0) is 0 Å². The van der Waals surface area contributed by atoms with Gasteiger partial charge in [-0.25, -0.2) is 0 Å². The van der Waals surface area contributed by atoms with Crippen molar-refractivity contribution in [2.24, 2.45) is 4.99 Å². The molecule has 0 bridgehead atoms. The maximum atomic E-state index is 12.2. The van der Waals surface area contributed by atoms with Crippen molar-refractivity contribution in [1.82, 2.24) is 0 Å². The second kappa shape index (κ2) is 6.48. The van der Waals surface area contributed by atoms with Crippen LogP contribution in [0.1, 0.15) is 26.7 Å². The molecule has 0 aromatic carbocycles. The number of aliphatic imine (C=N–C) groups is 1. The molecule has 1 N–H and O–H groups in total. The van der Waals surface area contributed by atoms with Crippen LogP contribution >= 0.6 is 0 Å². The molecule has 0 rings (SSSR count). The van der Waals surface area contributed by atoms with E-state index >= 15 is 0 Å². The molecule has 16 heavy (non-hydrogen) atoms. The van der Waals surface area contributed by atoms with Gasteiger partial charge in [0.15, 0.2) is 0 Å². The Labute approximate surface area is 93.2 Å². The molecular weight excluding hydrogens is 219 g/mol. The molecule has 0 amide bonds. The second-order valence-corrected chi connectivity index (χ2v) is 3.41. The average Bonchev–Trinajstić information content (AvgIpc) is 2.13. The number of hydrogen-bond acceptors (Lipinski definition) is 2. The third-order valence-electron chi connectivity index (χ3n) is 1.77. The zero-order valence-electron chi connectivity index (χ0n) is 9.38. The number of aliphatic hydroxyl groups excluding tert-OH is 1. The van der Waals surface area contributed by atoms with E-state index in [2.05, 4.69) is 11.6 Å². The van der Waals surface area contributed by atoms with Crippen LogP contribution in [0.15, 0.2) is 28.9 Å². The molecule has 0 radical (unpaired) electrons. The van der Waals surface area contributed by atoms with E-state index in [-0.39, 0.29) is 0 Å². The van der Waals surface area contributed by atoms with Crippen molar-refractivity contribution in [3.05, 3.63) is 23.9 Å². The van der Waals surface area contributed by atoms with E-state index in [1.165, 1.54) is 6.21 Å². The highest BCUT2D eigenvalue weighted by Gasteiger charge is 2.30. The summed E-state index contributed by atoms with van der Waals surface area (Å²) in [6.45, 7) is 6.22. The molecule has 92 valence electrons. The fourth-order valence-corrected chi connectivity index (χ4v) is 0.836. The molecular formula is C11H16F3NO. The summed E-state index contributed by atoms with van der Waals surface area (Å²) >= 11 is 0. The Morgan fingerprint density at radius 3 is 2.44 bits per heavy atom. The molecule has 0 aliphatic rings. The quantitative estimate of drug-likeness (QED) is 0.576. The zero-order valence-corrected chi connectivity index (χ0v) is 9.38. The van der Waals surface area contributed by atoms with Gasteiger partial charge in [-0.1, -0.05) is 13.5 Å². The van der Waals surface area contributed by atoms with Crippen LogP contribution in [0.3, 0.4) is 0 Å². The summed E-state index contributed by atoms with van der Waals surface area (Å²) in [6, 6.07) is 0. The van der Waals surface area contributed by atoms with Gasteiger partial charge in [0, 0.05) is 18.3 Å². The van der Waals surface area contributed by atoms with Crippen LogP contribution in [0.2, 0.25) is 0 Å². The van der Waals surface area contributed by atoms with E-state index in [0.717, 1.165) is 6.08 Å². The first kappa shape index (κ1) is 14.9. The van der Waals surface area contributed by atoms with E-state index < -0.39 is 17.9 Å². The topological polar surface area (TPSA) is 32.6 Å². The Hall–Kier alpha value is -1.10. The van der Waals surface area contributed by atoms with Crippen LogP contribution in [-0.4, -0.2) is 23.6 Å². The lowest BCUT2D eigenvalue weighted by Gasteiger charge is -2.06. The molecule has 0 aliphatic carbocycles. The first-order valence-electron chi connectivity index (χ1n) is 4.94. The van der Waals surface area contributed by atoms with Crippen molar-refractivity contribution in [2.45, 2.75) is 39.0 Å². The summed E-state index contributed by atoms with van der Waals surface area (Å²) in [5.41, 5.74) is -0.624. The maximum Gasteiger partial charge on any atom is 0.415 e. The molecule has 0 heterocycles. The van der Waals surface area contributed by atoms with Crippen molar-refractivity contribution in [1.29, 1.82) is 0 Å². The van der Waals surface area contributed by atoms with E-state index in [1.54, 1.807) is 13.8 Å². The molecule has 1 unspecified atom stereocenters. The van der Waals surface area contributed by atoms with Crippen molar-refractivity contribution in [3.63, 3.8) is 0 Å². The van der Waals surface area contributed by atoms with E-state index in [9.17, 15) is 13.2 Å². The summed E-state index contributed by atoms with van der Waals surface area (Å²) in [5.74, 6) is 0. The lowest BCUT2D eigenvalue weighted by molar-refractivity contribution is -0.0879. The minimum atomic E-state index is -4.42. The van der Waals surface area contributed by atoms with E-state index in [1.807, 2.05) is 0 Å². The van der Waals surface area contributed by atoms with Gasteiger partial charge in [0.1, 0.15) is 0 Å². The van der Waals surface area contributed by atoms with Gasteiger partial charge in [-0.15, -0.1) is 0 Å². The number of hydrogen-bond donors (Lipinski definition) is 1. The largest absolute Gasteiger partial charge is 0.415 e. The predicted molar refractivity (Wildman–Crippen MR) is 58.4 cm³/mol. The van der Waals surface area contributed by atoms with Gasteiger partial charge in [-0.2, -0.15) is 13.2 Å². The lowest BCUT2D eigenvalue weighted by atomic mass is 10.2. The van der Waals surface area contributed by atoms with Crippen LogP contribution in [0.25, 0.3) is 0 Å². The smallest absolute Gasteiger partial charge is 0.393 e. The fourth-order valence-electron chi connectivity index (χ4n) is 0.836. The number of halogens is 3. The number of aliphatic hydroxyl groups is 1. The molecule has 5 heteroatoms. The maximum absolute atomic E-state index is 12.2. The predicted octanol–water partition coefficient (Wildman–Crippen LogP) is 3.24. The van der Waals surface area contributed by atoms with Crippen molar-refractivity contribution in [2.75, 3.05) is 0 Å². The van der Waals surface area contributed by atoms with Crippen LogP contribution in [0.5, 0.6) is 0 Å². The molecule has 1 atom stereocenters. The summed E-state index contributed by atoms with van der Waals surface area (Å²) in [5, 5.41) is 8.94. The summed E-state index contributed by atoms with van der Waals surface area (Å²) in [4.78, 5) is 3.85. The van der Waals surface area contributed by atoms with Crippen molar-refractivity contribution >= 4 is 6.21 Å². The SMILES string of the molecule is C=C(/C=C(\CC)N=CCC(C)O)C(F)(F)F. The monoisotopic (exact) mass is 235 g/mol. The molecule has 0 saturated heterocycles.